The zero-order valence-electron chi connectivity index (χ0n) is 12.4. The van der Waals surface area contributed by atoms with Crippen LogP contribution in [0.5, 0.6) is 0 Å². The van der Waals surface area contributed by atoms with E-state index in [0.29, 0.717) is 12.6 Å². The Morgan fingerprint density at radius 3 is 2.24 bits per heavy atom. The molecule has 0 aromatic heterocycles. The fraction of sp³-hybridized carbons (Fsp3) is 0.333. The van der Waals surface area contributed by atoms with Gasteiger partial charge in [-0.3, -0.25) is 4.90 Å². The first kappa shape index (κ1) is 14.1. The maximum atomic E-state index is 6.02. The van der Waals surface area contributed by atoms with E-state index < -0.39 is 0 Å². The van der Waals surface area contributed by atoms with Crippen LogP contribution in [-0.2, 0) is 6.54 Å². The molecule has 3 heteroatoms. The first-order chi connectivity index (χ1) is 10.4. The molecule has 0 saturated carbocycles. The van der Waals surface area contributed by atoms with Crippen molar-refractivity contribution in [3.8, 4) is 0 Å². The lowest BCUT2D eigenvalue weighted by Crippen LogP contribution is -2.55. The number of nitrogens with zero attached hydrogens (tertiary/aromatic N) is 2. The summed E-state index contributed by atoms with van der Waals surface area (Å²) in [5, 5.41) is 0. The van der Waals surface area contributed by atoms with Crippen molar-refractivity contribution in [1.29, 1.82) is 0 Å². The normalized spacial score (nSPS) is 19.7. The van der Waals surface area contributed by atoms with E-state index in [0.717, 1.165) is 26.2 Å². The monoisotopic (exact) mass is 281 g/mol. The molecule has 0 unspecified atom stereocenters. The topological polar surface area (TPSA) is 32.5 Å². The van der Waals surface area contributed by atoms with Crippen molar-refractivity contribution in [3.63, 3.8) is 0 Å². The van der Waals surface area contributed by atoms with E-state index in [4.69, 9.17) is 5.73 Å². The molecule has 21 heavy (non-hydrogen) atoms. The van der Waals surface area contributed by atoms with Crippen LogP contribution in [0.4, 0.5) is 5.69 Å². The summed E-state index contributed by atoms with van der Waals surface area (Å²) in [6.45, 7) is 4.83. The minimum atomic E-state index is 0.416. The molecule has 0 spiro atoms. The van der Waals surface area contributed by atoms with Crippen LogP contribution in [0.2, 0.25) is 0 Å². The quantitative estimate of drug-likeness (QED) is 0.933. The summed E-state index contributed by atoms with van der Waals surface area (Å²) < 4.78 is 0. The molecule has 1 aliphatic rings. The Balaban J connectivity index is 1.67. The Morgan fingerprint density at radius 1 is 0.905 bits per heavy atom. The second kappa shape index (κ2) is 6.74. The highest BCUT2D eigenvalue weighted by atomic mass is 15.3. The lowest BCUT2D eigenvalue weighted by Gasteiger charge is -2.42. The number of para-hydroxylation sites is 1. The summed E-state index contributed by atoms with van der Waals surface area (Å²) in [5.41, 5.74) is 8.69. The molecule has 1 aliphatic heterocycles. The smallest absolute Gasteiger partial charge is 0.0398 e. The molecule has 2 aromatic carbocycles. The van der Waals surface area contributed by atoms with Crippen LogP contribution in [0.3, 0.4) is 0 Å². The van der Waals surface area contributed by atoms with Gasteiger partial charge in [-0.2, -0.15) is 0 Å². The van der Waals surface area contributed by atoms with Gasteiger partial charge in [0.15, 0.2) is 0 Å². The Bertz CT molecular complexity index is 541. The van der Waals surface area contributed by atoms with E-state index >= 15 is 0 Å². The van der Waals surface area contributed by atoms with Crippen molar-refractivity contribution in [2.24, 2.45) is 5.73 Å². The number of hydrogen-bond donors (Lipinski definition) is 1. The van der Waals surface area contributed by atoms with E-state index in [1.54, 1.807) is 0 Å². The van der Waals surface area contributed by atoms with Gasteiger partial charge in [-0.25, -0.2) is 0 Å². The van der Waals surface area contributed by atoms with E-state index in [2.05, 4.69) is 70.5 Å². The van der Waals surface area contributed by atoms with Gasteiger partial charge in [0.25, 0.3) is 0 Å². The molecule has 3 rings (SSSR count). The molecule has 1 heterocycles. The van der Waals surface area contributed by atoms with Crippen LogP contribution >= 0.6 is 0 Å². The first-order valence-electron chi connectivity index (χ1n) is 7.65. The number of benzene rings is 2. The molecular weight excluding hydrogens is 258 g/mol. The lowest BCUT2D eigenvalue weighted by atomic mass is 10.1. The van der Waals surface area contributed by atoms with Gasteiger partial charge >= 0.3 is 0 Å². The number of hydrogen-bond acceptors (Lipinski definition) is 3. The van der Waals surface area contributed by atoms with Crippen molar-refractivity contribution in [1.82, 2.24) is 4.90 Å². The van der Waals surface area contributed by atoms with Crippen molar-refractivity contribution >= 4 is 5.69 Å². The Labute approximate surface area is 127 Å². The third-order valence-corrected chi connectivity index (χ3v) is 4.23. The third kappa shape index (κ3) is 3.43. The van der Waals surface area contributed by atoms with Gasteiger partial charge in [0.2, 0.25) is 0 Å². The fourth-order valence-corrected chi connectivity index (χ4v) is 3.02. The standard InChI is InChI=1S/C18H23N3/c19-13-18-15-21(17-9-5-2-6-10-17)12-11-20(18)14-16-7-3-1-4-8-16/h1-10,18H,11-15,19H2/t18-/m1/s1. The van der Waals surface area contributed by atoms with Crippen molar-refractivity contribution < 1.29 is 0 Å². The second-order valence-electron chi connectivity index (χ2n) is 5.63. The minimum Gasteiger partial charge on any atom is -0.369 e. The first-order valence-corrected chi connectivity index (χ1v) is 7.65. The summed E-state index contributed by atoms with van der Waals surface area (Å²) in [6, 6.07) is 21.7. The molecule has 1 saturated heterocycles. The maximum Gasteiger partial charge on any atom is 0.0398 e. The van der Waals surface area contributed by atoms with Gasteiger partial charge < -0.3 is 10.6 Å². The van der Waals surface area contributed by atoms with E-state index in [-0.39, 0.29) is 0 Å². The predicted octanol–water partition coefficient (Wildman–Crippen LogP) is 2.34. The second-order valence-corrected chi connectivity index (χ2v) is 5.63. The van der Waals surface area contributed by atoms with Crippen molar-refractivity contribution in [3.05, 3.63) is 66.2 Å². The molecule has 0 bridgehead atoms. The molecule has 2 N–H and O–H groups in total. The highest BCUT2D eigenvalue weighted by molar-refractivity contribution is 5.46. The molecule has 0 radical (unpaired) electrons. The molecule has 0 amide bonds. The number of rotatable bonds is 4. The average Bonchev–Trinajstić information content (AvgIpc) is 2.57. The average molecular weight is 281 g/mol. The van der Waals surface area contributed by atoms with Crippen LogP contribution < -0.4 is 10.6 Å². The molecular formula is C18H23N3. The molecule has 1 atom stereocenters. The zero-order valence-corrected chi connectivity index (χ0v) is 12.4. The summed E-state index contributed by atoms with van der Waals surface area (Å²) in [5.74, 6) is 0. The summed E-state index contributed by atoms with van der Waals surface area (Å²) in [7, 11) is 0. The highest BCUT2D eigenvalue weighted by Gasteiger charge is 2.25. The molecule has 3 nitrogen and oxygen atoms in total. The molecule has 2 aromatic rings. The van der Waals surface area contributed by atoms with Gasteiger partial charge in [-0.15, -0.1) is 0 Å². The zero-order chi connectivity index (χ0) is 14.5. The number of anilines is 1. The van der Waals surface area contributed by atoms with Crippen molar-refractivity contribution in [2.75, 3.05) is 31.1 Å². The summed E-state index contributed by atoms with van der Waals surface area (Å²) in [4.78, 5) is 4.95. The van der Waals surface area contributed by atoms with Gasteiger partial charge in [-0.1, -0.05) is 48.5 Å². The fourth-order valence-electron chi connectivity index (χ4n) is 3.02. The SMILES string of the molecule is NC[C@@H]1CN(c2ccccc2)CCN1Cc1ccccc1. The van der Waals surface area contributed by atoms with Gasteiger partial charge in [0.05, 0.1) is 0 Å². The molecule has 1 fully saturated rings. The molecule has 110 valence electrons. The van der Waals surface area contributed by atoms with E-state index in [9.17, 15) is 0 Å². The van der Waals surface area contributed by atoms with Crippen LogP contribution in [0.15, 0.2) is 60.7 Å². The summed E-state index contributed by atoms with van der Waals surface area (Å²) >= 11 is 0. The number of piperazine rings is 1. The predicted molar refractivity (Wildman–Crippen MR) is 88.3 cm³/mol. The Kier molecular flexibility index (Phi) is 4.53. The third-order valence-electron chi connectivity index (χ3n) is 4.23. The highest BCUT2D eigenvalue weighted by Crippen LogP contribution is 2.20. The number of nitrogens with two attached hydrogens (primary N) is 1. The maximum absolute atomic E-state index is 6.02. The van der Waals surface area contributed by atoms with Crippen LogP contribution in [0.1, 0.15) is 5.56 Å². The Morgan fingerprint density at radius 2 is 1.57 bits per heavy atom. The summed E-state index contributed by atoms with van der Waals surface area (Å²) in [6.07, 6.45) is 0. The van der Waals surface area contributed by atoms with Crippen LogP contribution in [-0.4, -0.2) is 37.1 Å². The largest absolute Gasteiger partial charge is 0.369 e. The van der Waals surface area contributed by atoms with Crippen LogP contribution in [0.25, 0.3) is 0 Å². The van der Waals surface area contributed by atoms with E-state index in [1.807, 2.05) is 0 Å². The van der Waals surface area contributed by atoms with Gasteiger partial charge in [0.1, 0.15) is 0 Å². The van der Waals surface area contributed by atoms with Crippen molar-refractivity contribution in [2.45, 2.75) is 12.6 Å². The molecule has 0 aliphatic carbocycles. The van der Waals surface area contributed by atoms with Gasteiger partial charge in [-0.05, 0) is 17.7 Å². The van der Waals surface area contributed by atoms with Gasteiger partial charge in [0, 0.05) is 44.5 Å². The Hall–Kier alpha value is -1.84. The minimum absolute atomic E-state index is 0.416. The van der Waals surface area contributed by atoms with E-state index in [1.165, 1.54) is 11.3 Å². The van der Waals surface area contributed by atoms with Crippen LogP contribution in [0, 0.1) is 0 Å². The lowest BCUT2D eigenvalue weighted by molar-refractivity contribution is 0.173.